The standard InChI is InChI=1S/C26H22ClN5O3/c27-20-13-28-26-30-18-3-1-2-15(10-18)4-5-16-11-19(29-24(20)32-26)7-8-21(16)31-25(33)17-6-9-22-23(12-17)35-14-34-22/h1-3,6-9,11-13,15H,4-5,10,14H2,(H,31,33)(H2,28,29,30,32). The van der Waals surface area contributed by atoms with Crippen molar-refractivity contribution in [2.45, 2.75) is 19.3 Å². The summed E-state index contributed by atoms with van der Waals surface area (Å²) in [6.07, 6.45) is 10.4. The van der Waals surface area contributed by atoms with E-state index in [4.69, 9.17) is 21.1 Å². The number of hydrogen-bond donors (Lipinski definition) is 3. The summed E-state index contributed by atoms with van der Waals surface area (Å²) in [6, 6.07) is 11.0. The molecule has 6 bridgehead atoms. The first-order valence-corrected chi connectivity index (χ1v) is 11.8. The lowest BCUT2D eigenvalue weighted by molar-refractivity contribution is 0.102. The molecule has 3 aromatic rings. The fourth-order valence-corrected chi connectivity index (χ4v) is 4.55. The highest BCUT2D eigenvalue weighted by molar-refractivity contribution is 6.32. The number of nitrogens with one attached hydrogen (secondary N) is 3. The number of ether oxygens (including phenoxy) is 2. The summed E-state index contributed by atoms with van der Waals surface area (Å²) in [6.45, 7) is 0.166. The van der Waals surface area contributed by atoms with E-state index in [9.17, 15) is 4.79 Å². The van der Waals surface area contributed by atoms with Crippen LogP contribution in [0.15, 0.2) is 66.5 Å². The molecule has 3 heterocycles. The highest BCUT2D eigenvalue weighted by Crippen LogP contribution is 2.34. The van der Waals surface area contributed by atoms with Crippen molar-refractivity contribution in [3.05, 3.63) is 82.7 Å². The maximum atomic E-state index is 13.1. The number of aryl methyl sites for hydroxylation is 1. The Labute approximate surface area is 207 Å². The molecule has 1 aliphatic carbocycles. The predicted octanol–water partition coefficient (Wildman–Crippen LogP) is 5.67. The SMILES string of the molecule is O=C(Nc1ccc2cc1CCC1C=CC=C(C1)Nc1ncc(Cl)c(n1)N2)c1ccc2c(c1)OCO2. The van der Waals surface area contributed by atoms with Crippen molar-refractivity contribution in [2.24, 2.45) is 5.92 Å². The molecule has 3 aliphatic rings. The van der Waals surface area contributed by atoms with E-state index >= 15 is 0 Å². The summed E-state index contributed by atoms with van der Waals surface area (Å²) in [7, 11) is 0. The molecule has 8 nitrogen and oxygen atoms in total. The Morgan fingerprint density at radius 3 is 2.97 bits per heavy atom. The van der Waals surface area contributed by atoms with Gasteiger partial charge in [0.15, 0.2) is 17.3 Å². The van der Waals surface area contributed by atoms with Gasteiger partial charge in [0.1, 0.15) is 5.02 Å². The average Bonchev–Trinajstić information content (AvgIpc) is 3.34. The Morgan fingerprint density at radius 2 is 2.03 bits per heavy atom. The van der Waals surface area contributed by atoms with Crippen LogP contribution in [-0.4, -0.2) is 22.7 Å². The molecule has 6 rings (SSSR count). The lowest BCUT2D eigenvalue weighted by Gasteiger charge is -2.20. The predicted molar refractivity (Wildman–Crippen MR) is 135 cm³/mol. The highest BCUT2D eigenvalue weighted by Gasteiger charge is 2.19. The number of hydrogen-bond acceptors (Lipinski definition) is 7. The van der Waals surface area contributed by atoms with Crippen molar-refractivity contribution in [3.8, 4) is 11.5 Å². The zero-order valence-corrected chi connectivity index (χ0v) is 19.4. The van der Waals surface area contributed by atoms with Crippen LogP contribution in [0.1, 0.15) is 28.8 Å². The van der Waals surface area contributed by atoms with Crippen molar-refractivity contribution in [1.29, 1.82) is 0 Å². The van der Waals surface area contributed by atoms with Crippen molar-refractivity contribution in [3.63, 3.8) is 0 Å². The Morgan fingerprint density at radius 1 is 1.11 bits per heavy atom. The Hall–Kier alpha value is -4.04. The summed E-state index contributed by atoms with van der Waals surface area (Å²) in [5, 5.41) is 10.1. The molecule has 1 amide bonds. The normalized spacial score (nSPS) is 17.6. The van der Waals surface area contributed by atoms with E-state index in [1.807, 2.05) is 24.3 Å². The van der Waals surface area contributed by atoms with Gasteiger partial charge < -0.3 is 25.4 Å². The number of aromatic nitrogens is 2. The van der Waals surface area contributed by atoms with E-state index in [0.717, 1.165) is 41.9 Å². The molecule has 0 saturated heterocycles. The maximum absolute atomic E-state index is 13.1. The van der Waals surface area contributed by atoms with Crippen LogP contribution in [0.5, 0.6) is 11.5 Å². The van der Waals surface area contributed by atoms with Gasteiger partial charge in [-0.2, -0.15) is 4.98 Å². The van der Waals surface area contributed by atoms with Gasteiger partial charge in [-0.25, -0.2) is 4.98 Å². The number of amides is 1. The first-order chi connectivity index (χ1) is 17.1. The number of halogens is 1. The number of rotatable bonds is 2. The van der Waals surface area contributed by atoms with Crippen molar-refractivity contribution < 1.29 is 14.3 Å². The first kappa shape index (κ1) is 21.5. The monoisotopic (exact) mass is 487 g/mol. The van der Waals surface area contributed by atoms with Gasteiger partial charge >= 0.3 is 0 Å². The van der Waals surface area contributed by atoms with Crippen molar-refractivity contribution in [2.75, 3.05) is 22.7 Å². The molecule has 1 aromatic heterocycles. The van der Waals surface area contributed by atoms with Gasteiger partial charge in [-0.1, -0.05) is 23.8 Å². The van der Waals surface area contributed by atoms with Crippen LogP contribution in [-0.2, 0) is 6.42 Å². The molecule has 0 fully saturated rings. The zero-order valence-electron chi connectivity index (χ0n) is 18.7. The number of benzene rings is 2. The molecule has 0 radical (unpaired) electrons. The summed E-state index contributed by atoms with van der Waals surface area (Å²) >= 11 is 6.36. The molecular weight excluding hydrogens is 466 g/mol. The van der Waals surface area contributed by atoms with E-state index in [0.29, 0.717) is 39.8 Å². The number of nitrogens with zero attached hydrogens (tertiary/aromatic N) is 2. The number of allylic oxidation sites excluding steroid dienone is 4. The smallest absolute Gasteiger partial charge is 0.255 e. The third-order valence-electron chi connectivity index (χ3n) is 6.21. The largest absolute Gasteiger partial charge is 0.454 e. The van der Waals surface area contributed by atoms with Crippen LogP contribution in [0.3, 0.4) is 0 Å². The molecule has 3 N–H and O–H groups in total. The van der Waals surface area contributed by atoms with E-state index in [1.165, 1.54) is 0 Å². The van der Waals surface area contributed by atoms with Crippen LogP contribution in [0, 0.1) is 5.92 Å². The van der Waals surface area contributed by atoms with Gasteiger partial charge in [0.05, 0.1) is 6.20 Å². The van der Waals surface area contributed by atoms with Gasteiger partial charge in [0.25, 0.3) is 5.91 Å². The van der Waals surface area contributed by atoms with E-state index in [-0.39, 0.29) is 12.7 Å². The molecule has 1 unspecified atom stereocenters. The third-order valence-corrected chi connectivity index (χ3v) is 6.49. The molecule has 1 atom stereocenters. The van der Waals surface area contributed by atoms with Gasteiger partial charge in [0.2, 0.25) is 12.7 Å². The number of carbonyl (C=O) groups is 1. The summed E-state index contributed by atoms with van der Waals surface area (Å²) in [5.41, 5.74) is 4.16. The van der Waals surface area contributed by atoms with Crippen LogP contribution in [0.4, 0.5) is 23.1 Å². The summed E-state index contributed by atoms with van der Waals surface area (Å²) in [4.78, 5) is 21.9. The highest BCUT2D eigenvalue weighted by atomic mass is 35.5. The minimum Gasteiger partial charge on any atom is -0.454 e. The van der Waals surface area contributed by atoms with Gasteiger partial charge in [-0.05, 0) is 73.2 Å². The first-order valence-electron chi connectivity index (χ1n) is 11.4. The summed E-state index contributed by atoms with van der Waals surface area (Å²) < 4.78 is 10.8. The second-order valence-corrected chi connectivity index (χ2v) is 9.02. The molecule has 176 valence electrons. The molecular formula is C26H22ClN5O3. The third kappa shape index (κ3) is 4.52. The molecule has 2 aromatic carbocycles. The zero-order chi connectivity index (χ0) is 23.8. The van der Waals surface area contributed by atoms with Gasteiger partial charge in [-0.15, -0.1) is 0 Å². The Balaban J connectivity index is 1.32. The number of carbonyl (C=O) groups excluding carboxylic acids is 1. The summed E-state index contributed by atoms with van der Waals surface area (Å²) in [5.74, 6) is 2.36. The maximum Gasteiger partial charge on any atom is 0.255 e. The van der Waals surface area contributed by atoms with Gasteiger partial charge in [0, 0.05) is 22.6 Å². The fraction of sp³-hybridized carbons (Fsp3) is 0.192. The van der Waals surface area contributed by atoms with E-state index in [1.54, 1.807) is 24.4 Å². The van der Waals surface area contributed by atoms with Crippen LogP contribution >= 0.6 is 11.6 Å². The minimum atomic E-state index is -0.210. The second kappa shape index (κ2) is 8.96. The fourth-order valence-electron chi connectivity index (χ4n) is 4.41. The van der Waals surface area contributed by atoms with Crippen LogP contribution < -0.4 is 25.4 Å². The molecule has 2 aliphatic heterocycles. The average molecular weight is 488 g/mol. The second-order valence-electron chi connectivity index (χ2n) is 8.61. The number of fused-ring (bicyclic) bond motifs is 7. The molecule has 35 heavy (non-hydrogen) atoms. The van der Waals surface area contributed by atoms with E-state index < -0.39 is 0 Å². The topological polar surface area (TPSA) is 97.4 Å². The van der Waals surface area contributed by atoms with Crippen LogP contribution in [0.25, 0.3) is 0 Å². The molecule has 0 spiro atoms. The Bertz CT molecular complexity index is 1390. The quantitative estimate of drug-likeness (QED) is 0.428. The van der Waals surface area contributed by atoms with Crippen molar-refractivity contribution in [1.82, 2.24) is 9.97 Å². The lowest BCUT2D eigenvalue weighted by Crippen LogP contribution is -2.14. The Kier molecular flexibility index (Phi) is 5.50. The molecule has 0 saturated carbocycles. The molecule has 9 heteroatoms. The van der Waals surface area contributed by atoms with Crippen LogP contribution in [0.2, 0.25) is 5.02 Å². The van der Waals surface area contributed by atoms with E-state index in [2.05, 4.69) is 38.1 Å². The lowest BCUT2D eigenvalue weighted by atomic mass is 9.91. The van der Waals surface area contributed by atoms with Crippen molar-refractivity contribution >= 4 is 40.6 Å². The minimum absolute atomic E-state index is 0.166. The van der Waals surface area contributed by atoms with Gasteiger partial charge in [-0.3, -0.25) is 4.79 Å². The number of anilines is 4.